The van der Waals surface area contributed by atoms with E-state index in [2.05, 4.69) is 37.1 Å². The lowest BCUT2D eigenvalue weighted by Crippen LogP contribution is -2.44. The van der Waals surface area contributed by atoms with Gasteiger partial charge in [-0.15, -0.1) is 0 Å². The minimum absolute atomic E-state index is 0.0381. The van der Waals surface area contributed by atoms with Crippen LogP contribution in [0.25, 0.3) is 0 Å². The largest absolute Gasteiger partial charge is 0.350 e. The Hall–Kier alpha value is -2.51. The number of likely N-dealkylation sites (tertiary alicyclic amines) is 2. The van der Waals surface area contributed by atoms with Crippen LogP contribution < -0.4 is 5.32 Å². The smallest absolute Gasteiger partial charge is 0.227 e. The zero-order valence-electron chi connectivity index (χ0n) is 24.5. The molecule has 1 N–H and O–H groups in total. The topological polar surface area (TPSA) is 52.7 Å². The molecule has 218 valence electrons. The Morgan fingerprint density at radius 2 is 1.75 bits per heavy atom. The number of nitrogens with zero attached hydrogens (tertiary/aromatic N) is 2. The van der Waals surface area contributed by atoms with Gasteiger partial charge in [-0.3, -0.25) is 14.5 Å². The van der Waals surface area contributed by atoms with E-state index >= 15 is 0 Å². The van der Waals surface area contributed by atoms with E-state index in [4.69, 9.17) is 11.6 Å². The fourth-order valence-corrected chi connectivity index (χ4v) is 6.56. The van der Waals surface area contributed by atoms with Crippen LogP contribution >= 0.6 is 11.6 Å². The molecule has 4 rings (SSSR count). The van der Waals surface area contributed by atoms with Crippen LogP contribution in [0.4, 0.5) is 8.78 Å². The van der Waals surface area contributed by atoms with Crippen molar-refractivity contribution >= 4 is 23.4 Å². The van der Waals surface area contributed by atoms with E-state index in [9.17, 15) is 18.4 Å². The molecule has 0 unspecified atom stereocenters. The maximum absolute atomic E-state index is 14.9. The third-order valence-electron chi connectivity index (χ3n) is 8.72. The molecule has 8 heteroatoms. The molecule has 2 fully saturated rings. The second-order valence-corrected chi connectivity index (χ2v) is 12.9. The molecule has 2 aromatic carbocycles. The van der Waals surface area contributed by atoms with E-state index in [1.165, 1.54) is 24.6 Å². The SMILES string of the molecule is CC[C@H](NC(C)=O)c1cc(Cl)c(C)cc1C1CCN(C(=O)[C@@H]2CN(C(C)(C)C)C[C@H]2c2ccc(F)cc2F)CC1. The summed E-state index contributed by atoms with van der Waals surface area (Å²) in [6.45, 7) is 14.1. The molecular formula is C32H42ClF2N3O2. The summed E-state index contributed by atoms with van der Waals surface area (Å²) in [5.41, 5.74) is 3.45. The molecule has 3 atom stereocenters. The van der Waals surface area contributed by atoms with Gasteiger partial charge in [-0.05, 0) is 87.3 Å². The van der Waals surface area contributed by atoms with Gasteiger partial charge >= 0.3 is 0 Å². The van der Waals surface area contributed by atoms with Crippen LogP contribution in [-0.2, 0) is 9.59 Å². The average Bonchev–Trinajstić information content (AvgIpc) is 3.34. The number of hydrogen-bond donors (Lipinski definition) is 1. The molecule has 5 nitrogen and oxygen atoms in total. The zero-order valence-corrected chi connectivity index (χ0v) is 25.2. The van der Waals surface area contributed by atoms with Crippen LogP contribution in [-0.4, -0.2) is 53.3 Å². The van der Waals surface area contributed by atoms with Gasteiger partial charge in [0.05, 0.1) is 12.0 Å². The number of benzene rings is 2. The van der Waals surface area contributed by atoms with Crippen LogP contribution in [0.15, 0.2) is 30.3 Å². The van der Waals surface area contributed by atoms with Crippen molar-refractivity contribution in [1.82, 2.24) is 15.1 Å². The van der Waals surface area contributed by atoms with Gasteiger partial charge in [-0.2, -0.15) is 0 Å². The molecular weight excluding hydrogens is 532 g/mol. The summed E-state index contributed by atoms with van der Waals surface area (Å²) in [6, 6.07) is 7.68. The van der Waals surface area contributed by atoms with E-state index in [0.29, 0.717) is 36.8 Å². The Morgan fingerprint density at radius 3 is 2.33 bits per heavy atom. The summed E-state index contributed by atoms with van der Waals surface area (Å²) in [5, 5.41) is 3.74. The first-order chi connectivity index (χ1) is 18.8. The third-order valence-corrected chi connectivity index (χ3v) is 9.13. The Bertz CT molecular complexity index is 1250. The number of piperidine rings is 1. The number of carbonyl (C=O) groups is 2. The number of aryl methyl sites for hydroxylation is 1. The summed E-state index contributed by atoms with van der Waals surface area (Å²) in [4.78, 5) is 30.0. The molecule has 0 bridgehead atoms. The van der Waals surface area contributed by atoms with Crippen molar-refractivity contribution in [2.24, 2.45) is 5.92 Å². The van der Waals surface area contributed by atoms with Crippen LogP contribution in [0.3, 0.4) is 0 Å². The van der Waals surface area contributed by atoms with Gasteiger partial charge < -0.3 is 10.2 Å². The summed E-state index contributed by atoms with van der Waals surface area (Å²) < 4.78 is 28.6. The summed E-state index contributed by atoms with van der Waals surface area (Å²) in [7, 11) is 0. The fraction of sp³-hybridized carbons (Fsp3) is 0.562. The second-order valence-electron chi connectivity index (χ2n) is 12.4. The Kier molecular flexibility index (Phi) is 9.25. The normalized spacial score (nSPS) is 21.5. The predicted molar refractivity (Wildman–Crippen MR) is 156 cm³/mol. The van der Waals surface area contributed by atoms with E-state index < -0.39 is 17.6 Å². The van der Waals surface area contributed by atoms with E-state index in [-0.39, 0.29) is 35.2 Å². The van der Waals surface area contributed by atoms with Gasteiger partial charge in [0.15, 0.2) is 0 Å². The van der Waals surface area contributed by atoms with E-state index in [0.717, 1.165) is 36.5 Å². The number of rotatable bonds is 6. The highest BCUT2D eigenvalue weighted by molar-refractivity contribution is 6.31. The first-order valence-electron chi connectivity index (χ1n) is 14.4. The van der Waals surface area contributed by atoms with Crippen molar-refractivity contribution in [3.63, 3.8) is 0 Å². The first-order valence-corrected chi connectivity index (χ1v) is 14.7. The van der Waals surface area contributed by atoms with Gasteiger partial charge in [-0.25, -0.2) is 8.78 Å². The molecule has 2 amide bonds. The van der Waals surface area contributed by atoms with Crippen molar-refractivity contribution in [3.8, 4) is 0 Å². The standard InChI is InChI=1S/C32H42ClF2N3O2/c1-7-30(36-20(3)39)25-16-28(33)19(2)14-24(25)21-10-12-37(13-11-21)31(40)27-18-38(32(4,5)6)17-26(27)23-9-8-22(34)15-29(23)35/h8-9,14-16,21,26-27,30H,7,10-13,17-18H2,1-6H3,(H,36,39)/t26-,27+,30-/m0/s1. The summed E-state index contributed by atoms with van der Waals surface area (Å²) in [5.74, 6) is -1.74. The quantitative estimate of drug-likeness (QED) is 0.417. The van der Waals surface area contributed by atoms with Crippen LogP contribution in [0.5, 0.6) is 0 Å². The van der Waals surface area contributed by atoms with Crippen LogP contribution in [0.2, 0.25) is 5.02 Å². The Morgan fingerprint density at radius 1 is 1.07 bits per heavy atom. The average molecular weight is 574 g/mol. The fourth-order valence-electron chi connectivity index (χ4n) is 6.38. The van der Waals surface area contributed by atoms with E-state index in [1.807, 2.05) is 24.8 Å². The first kappa shape index (κ1) is 30.4. The monoisotopic (exact) mass is 573 g/mol. The predicted octanol–water partition coefficient (Wildman–Crippen LogP) is 6.73. The van der Waals surface area contributed by atoms with E-state index in [1.54, 1.807) is 0 Å². The second kappa shape index (κ2) is 12.2. The molecule has 0 saturated carbocycles. The molecule has 40 heavy (non-hydrogen) atoms. The van der Waals surface area contributed by atoms with Gasteiger partial charge in [-0.1, -0.05) is 30.7 Å². The lowest BCUT2D eigenvalue weighted by atomic mass is 9.82. The Labute approximate surface area is 242 Å². The number of halogens is 3. The molecule has 2 aromatic rings. The van der Waals surface area contributed by atoms with Crippen molar-refractivity contribution in [2.45, 2.75) is 84.2 Å². The number of amides is 2. The van der Waals surface area contributed by atoms with Crippen LogP contribution in [0.1, 0.15) is 94.0 Å². The highest BCUT2D eigenvalue weighted by Gasteiger charge is 2.44. The molecule has 2 saturated heterocycles. The van der Waals surface area contributed by atoms with Gasteiger partial charge in [0.2, 0.25) is 11.8 Å². The highest BCUT2D eigenvalue weighted by Crippen LogP contribution is 2.41. The summed E-state index contributed by atoms with van der Waals surface area (Å²) in [6.07, 6.45) is 2.33. The van der Waals surface area contributed by atoms with Crippen molar-refractivity contribution in [1.29, 1.82) is 0 Å². The van der Waals surface area contributed by atoms with Gasteiger partial charge in [0.25, 0.3) is 0 Å². The summed E-state index contributed by atoms with van der Waals surface area (Å²) >= 11 is 6.51. The minimum Gasteiger partial charge on any atom is -0.350 e. The minimum atomic E-state index is -0.613. The maximum Gasteiger partial charge on any atom is 0.227 e. The third kappa shape index (κ3) is 6.52. The van der Waals surface area contributed by atoms with Gasteiger partial charge in [0.1, 0.15) is 11.6 Å². The highest BCUT2D eigenvalue weighted by atomic mass is 35.5. The lowest BCUT2D eigenvalue weighted by Gasteiger charge is -2.36. The number of nitrogens with one attached hydrogen (secondary N) is 1. The molecule has 0 aromatic heterocycles. The number of carbonyl (C=O) groups excluding carboxylic acids is 2. The molecule has 2 aliphatic heterocycles. The lowest BCUT2D eigenvalue weighted by molar-refractivity contribution is -0.136. The Balaban J connectivity index is 1.55. The van der Waals surface area contributed by atoms with Crippen LogP contribution in [0, 0.1) is 24.5 Å². The maximum atomic E-state index is 14.9. The molecule has 0 spiro atoms. The molecule has 2 aliphatic rings. The molecule has 0 aliphatic carbocycles. The molecule has 2 heterocycles. The zero-order chi connectivity index (χ0) is 29.4. The van der Waals surface area contributed by atoms with Crippen molar-refractivity contribution in [2.75, 3.05) is 26.2 Å². The van der Waals surface area contributed by atoms with Gasteiger partial charge in [0, 0.05) is 55.6 Å². The van der Waals surface area contributed by atoms with Crippen molar-refractivity contribution in [3.05, 3.63) is 69.2 Å². The molecule has 0 radical (unpaired) electrons. The number of hydrogen-bond acceptors (Lipinski definition) is 3. The van der Waals surface area contributed by atoms with Crippen molar-refractivity contribution < 1.29 is 18.4 Å².